The molecule has 8 heteroatoms. The minimum atomic E-state index is -0.592. The number of nitrogens with zero attached hydrogens (tertiary/aromatic N) is 1. The van der Waals surface area contributed by atoms with Crippen molar-refractivity contribution in [3.8, 4) is 0 Å². The molecule has 154 valence electrons. The molecule has 1 aliphatic heterocycles. The van der Waals surface area contributed by atoms with Crippen molar-refractivity contribution in [1.82, 2.24) is 5.32 Å². The first-order chi connectivity index (χ1) is 14.9. The Morgan fingerprint density at radius 1 is 0.935 bits per heavy atom. The van der Waals surface area contributed by atoms with Crippen LogP contribution in [0.15, 0.2) is 88.2 Å². The largest absolute Gasteiger partial charge is 0.298 e. The zero-order chi connectivity index (χ0) is 22.0. The summed E-state index contributed by atoms with van der Waals surface area (Å²) >= 11 is 12.4. The monoisotopic (exact) mass is 468 g/mol. The van der Waals surface area contributed by atoms with Crippen LogP contribution in [0.4, 0.5) is 10.1 Å². The van der Waals surface area contributed by atoms with Gasteiger partial charge in [-0.3, -0.25) is 19.8 Å². The predicted octanol–water partition coefficient (Wildman–Crippen LogP) is 5.46. The lowest BCUT2D eigenvalue weighted by Gasteiger charge is -2.29. The van der Waals surface area contributed by atoms with Crippen molar-refractivity contribution in [3.05, 3.63) is 94.8 Å². The third-order valence-electron chi connectivity index (χ3n) is 4.46. The number of halogens is 2. The summed E-state index contributed by atoms with van der Waals surface area (Å²) in [5.41, 5.74) is 1.02. The van der Waals surface area contributed by atoms with E-state index >= 15 is 0 Å². The number of carbonyl (C=O) groups is 2. The maximum absolute atomic E-state index is 14.1. The lowest BCUT2D eigenvalue weighted by atomic mass is 10.1. The second-order valence-electron chi connectivity index (χ2n) is 6.50. The van der Waals surface area contributed by atoms with Gasteiger partial charge in [-0.05, 0) is 66.3 Å². The van der Waals surface area contributed by atoms with E-state index in [9.17, 15) is 14.0 Å². The Hall–Kier alpha value is -3.00. The first kappa shape index (κ1) is 21.2. The smallest absolute Gasteiger partial charge is 0.270 e. The third-order valence-corrected chi connectivity index (χ3v) is 6.14. The van der Waals surface area contributed by atoms with Crippen molar-refractivity contribution >= 4 is 64.3 Å². The molecule has 3 aromatic rings. The molecule has 0 atom stereocenters. The van der Waals surface area contributed by atoms with Crippen LogP contribution in [0.25, 0.3) is 6.08 Å². The first-order valence-corrected chi connectivity index (χ1v) is 10.7. The van der Waals surface area contributed by atoms with E-state index in [0.717, 1.165) is 0 Å². The minimum absolute atomic E-state index is 0.0107. The van der Waals surface area contributed by atoms with E-state index in [0.29, 0.717) is 26.1 Å². The average molecular weight is 469 g/mol. The van der Waals surface area contributed by atoms with Gasteiger partial charge in [0, 0.05) is 14.8 Å². The molecule has 1 saturated heterocycles. The second-order valence-corrected chi connectivity index (χ2v) is 8.41. The highest BCUT2D eigenvalue weighted by atomic mass is 35.5. The molecule has 0 saturated carbocycles. The van der Waals surface area contributed by atoms with Gasteiger partial charge in [-0.15, -0.1) is 0 Å². The summed E-state index contributed by atoms with van der Waals surface area (Å²) in [7, 11) is 0. The lowest BCUT2D eigenvalue weighted by Crippen LogP contribution is -2.54. The summed E-state index contributed by atoms with van der Waals surface area (Å²) in [6.07, 6.45) is 1.49. The SMILES string of the molecule is O=C1NC(=S)N(c2ccc(Cl)cc2)C(=O)/C1=C/c1ccccc1Sc1ccccc1F. The molecule has 3 aromatic carbocycles. The molecule has 2 amide bonds. The van der Waals surface area contributed by atoms with Gasteiger partial charge in [-0.25, -0.2) is 4.39 Å². The summed E-state index contributed by atoms with van der Waals surface area (Å²) in [6, 6.07) is 20.1. The van der Waals surface area contributed by atoms with Gasteiger partial charge < -0.3 is 0 Å². The molecule has 0 aromatic heterocycles. The minimum Gasteiger partial charge on any atom is -0.298 e. The van der Waals surface area contributed by atoms with Crippen LogP contribution < -0.4 is 10.2 Å². The van der Waals surface area contributed by atoms with Crippen LogP contribution in [0.2, 0.25) is 5.02 Å². The number of anilines is 1. The van der Waals surface area contributed by atoms with Gasteiger partial charge in [0.25, 0.3) is 11.8 Å². The maximum atomic E-state index is 14.1. The van der Waals surface area contributed by atoms with E-state index in [4.69, 9.17) is 23.8 Å². The van der Waals surface area contributed by atoms with Gasteiger partial charge in [-0.2, -0.15) is 0 Å². The van der Waals surface area contributed by atoms with Gasteiger partial charge in [0.15, 0.2) is 5.11 Å². The van der Waals surface area contributed by atoms with Crippen molar-refractivity contribution in [2.45, 2.75) is 9.79 Å². The molecule has 1 heterocycles. The third kappa shape index (κ3) is 4.54. The molecule has 31 heavy (non-hydrogen) atoms. The highest BCUT2D eigenvalue weighted by Crippen LogP contribution is 2.33. The number of nitrogens with one attached hydrogen (secondary N) is 1. The van der Waals surface area contributed by atoms with Crippen molar-refractivity contribution in [3.63, 3.8) is 0 Å². The Kier molecular flexibility index (Phi) is 6.18. The van der Waals surface area contributed by atoms with Crippen molar-refractivity contribution in [2.24, 2.45) is 0 Å². The van der Waals surface area contributed by atoms with Crippen molar-refractivity contribution in [1.29, 1.82) is 0 Å². The van der Waals surface area contributed by atoms with E-state index < -0.39 is 11.8 Å². The number of amides is 2. The predicted molar refractivity (Wildman–Crippen MR) is 125 cm³/mol. The molecule has 0 bridgehead atoms. The zero-order valence-electron chi connectivity index (χ0n) is 15.8. The van der Waals surface area contributed by atoms with Gasteiger partial charge in [0.2, 0.25) is 0 Å². The second kappa shape index (κ2) is 9.01. The Labute approximate surface area is 192 Å². The van der Waals surface area contributed by atoms with Crippen molar-refractivity contribution in [2.75, 3.05) is 4.90 Å². The Balaban J connectivity index is 1.71. The van der Waals surface area contributed by atoms with Crippen LogP contribution in [-0.2, 0) is 9.59 Å². The van der Waals surface area contributed by atoms with Crippen LogP contribution in [-0.4, -0.2) is 16.9 Å². The van der Waals surface area contributed by atoms with Crippen LogP contribution in [0, 0.1) is 5.82 Å². The Morgan fingerprint density at radius 3 is 2.29 bits per heavy atom. The molecule has 4 rings (SSSR count). The number of carbonyl (C=O) groups excluding carboxylic acids is 2. The van der Waals surface area contributed by atoms with Gasteiger partial charge >= 0.3 is 0 Å². The fraction of sp³-hybridized carbons (Fsp3) is 0. The van der Waals surface area contributed by atoms with Gasteiger partial charge in [0.05, 0.1) is 5.69 Å². The molecule has 4 nitrogen and oxygen atoms in total. The topological polar surface area (TPSA) is 49.4 Å². The maximum Gasteiger partial charge on any atom is 0.270 e. The highest BCUT2D eigenvalue weighted by Gasteiger charge is 2.34. The Morgan fingerprint density at radius 2 is 1.58 bits per heavy atom. The van der Waals surface area contributed by atoms with Crippen LogP contribution in [0.3, 0.4) is 0 Å². The van der Waals surface area contributed by atoms with Gasteiger partial charge in [0.1, 0.15) is 11.4 Å². The molecule has 1 N–H and O–H groups in total. The normalized spacial score (nSPS) is 15.4. The van der Waals surface area contributed by atoms with Crippen LogP contribution in [0.1, 0.15) is 5.56 Å². The highest BCUT2D eigenvalue weighted by molar-refractivity contribution is 7.99. The van der Waals surface area contributed by atoms with Gasteiger partial charge in [-0.1, -0.05) is 53.7 Å². The zero-order valence-corrected chi connectivity index (χ0v) is 18.2. The summed E-state index contributed by atoms with van der Waals surface area (Å²) in [4.78, 5) is 28.1. The standard InChI is InChI=1S/C23H14ClFN2O2S2/c24-15-9-11-16(12-10-15)27-22(29)17(21(28)26-23(27)30)13-14-5-1-3-7-19(14)31-20-8-4-2-6-18(20)25/h1-13H,(H,26,28,30)/b17-13+. The molecule has 0 radical (unpaired) electrons. The fourth-order valence-corrected chi connectivity index (χ4v) is 4.32. The lowest BCUT2D eigenvalue weighted by molar-refractivity contribution is -0.122. The van der Waals surface area contributed by atoms with Crippen LogP contribution >= 0.6 is 35.6 Å². The summed E-state index contributed by atoms with van der Waals surface area (Å²) in [6.45, 7) is 0. The van der Waals surface area contributed by atoms with E-state index in [1.807, 2.05) is 6.07 Å². The number of rotatable bonds is 4. The summed E-state index contributed by atoms with van der Waals surface area (Å²) in [5, 5.41) is 3.05. The summed E-state index contributed by atoms with van der Waals surface area (Å²) in [5.74, 6) is -1.49. The summed E-state index contributed by atoms with van der Waals surface area (Å²) < 4.78 is 14.1. The molecule has 0 aliphatic carbocycles. The van der Waals surface area contributed by atoms with E-state index in [-0.39, 0.29) is 16.5 Å². The molecular formula is C23H14ClFN2O2S2. The number of thiocarbonyl (C=S) groups is 1. The van der Waals surface area contributed by atoms with Crippen LogP contribution in [0.5, 0.6) is 0 Å². The van der Waals surface area contributed by atoms with E-state index in [1.165, 1.54) is 28.8 Å². The number of benzene rings is 3. The average Bonchev–Trinajstić information content (AvgIpc) is 2.75. The number of hydrogen-bond donors (Lipinski definition) is 1. The van der Waals surface area contributed by atoms with E-state index in [2.05, 4.69) is 5.32 Å². The fourth-order valence-electron chi connectivity index (χ4n) is 2.98. The number of hydrogen-bond acceptors (Lipinski definition) is 4. The van der Waals surface area contributed by atoms with E-state index in [1.54, 1.807) is 60.7 Å². The van der Waals surface area contributed by atoms with Crippen molar-refractivity contribution < 1.29 is 14.0 Å². The molecule has 0 spiro atoms. The molecule has 1 aliphatic rings. The molecule has 1 fully saturated rings. The Bertz CT molecular complexity index is 1230. The quantitative estimate of drug-likeness (QED) is 0.314. The molecule has 0 unspecified atom stereocenters. The first-order valence-electron chi connectivity index (χ1n) is 9.12. The molecular weight excluding hydrogens is 455 g/mol.